The van der Waals surface area contributed by atoms with Gasteiger partial charge in [-0.15, -0.1) is 0 Å². The molecule has 1 aliphatic heterocycles. The molecule has 1 atom stereocenters. The van der Waals surface area contributed by atoms with Gasteiger partial charge in [0.15, 0.2) is 11.5 Å². The molecule has 6 nitrogen and oxygen atoms in total. The third-order valence-corrected chi connectivity index (χ3v) is 4.19. The van der Waals surface area contributed by atoms with Gasteiger partial charge in [-0.25, -0.2) is 9.18 Å². The standard InChI is InChI=1S/C17H16ClFN2O4/c1-23-12-7-11-13(16(25-3)15(12)24-2)14(21-17(22)20-11)9-5-4-8(18)6-10(9)19/h4-7,14H,1-3H3,(H2,20,21,22). The highest BCUT2D eigenvalue weighted by Crippen LogP contribution is 2.49. The lowest BCUT2D eigenvalue weighted by molar-refractivity contribution is 0.248. The second-order valence-electron chi connectivity index (χ2n) is 5.30. The Morgan fingerprint density at radius 1 is 1.08 bits per heavy atom. The van der Waals surface area contributed by atoms with Gasteiger partial charge < -0.3 is 24.8 Å². The first-order chi connectivity index (χ1) is 12.0. The van der Waals surface area contributed by atoms with Gasteiger partial charge in [-0.2, -0.15) is 0 Å². The largest absolute Gasteiger partial charge is 0.493 e. The second kappa shape index (κ2) is 6.68. The van der Waals surface area contributed by atoms with Crippen molar-refractivity contribution in [3.63, 3.8) is 0 Å². The summed E-state index contributed by atoms with van der Waals surface area (Å²) in [5.41, 5.74) is 1.23. The van der Waals surface area contributed by atoms with Gasteiger partial charge in [0.1, 0.15) is 5.82 Å². The third-order valence-electron chi connectivity index (χ3n) is 3.95. The van der Waals surface area contributed by atoms with Gasteiger partial charge in [-0.05, 0) is 12.1 Å². The van der Waals surface area contributed by atoms with E-state index in [-0.39, 0.29) is 10.6 Å². The van der Waals surface area contributed by atoms with E-state index in [1.165, 1.54) is 33.5 Å². The lowest BCUT2D eigenvalue weighted by Gasteiger charge is -2.30. The first kappa shape index (κ1) is 17.2. The van der Waals surface area contributed by atoms with Gasteiger partial charge in [0, 0.05) is 22.2 Å². The maximum Gasteiger partial charge on any atom is 0.320 e. The molecule has 0 aliphatic carbocycles. The van der Waals surface area contributed by atoms with E-state index in [0.717, 1.165) is 0 Å². The Kier molecular flexibility index (Phi) is 4.59. The van der Waals surface area contributed by atoms with E-state index >= 15 is 0 Å². The van der Waals surface area contributed by atoms with E-state index in [9.17, 15) is 9.18 Å². The molecule has 25 heavy (non-hydrogen) atoms. The lowest BCUT2D eigenvalue weighted by atomic mass is 9.93. The molecule has 8 heteroatoms. The van der Waals surface area contributed by atoms with Crippen molar-refractivity contribution in [2.24, 2.45) is 0 Å². The molecule has 2 N–H and O–H groups in total. The minimum Gasteiger partial charge on any atom is -0.493 e. The fraction of sp³-hybridized carbons (Fsp3) is 0.235. The molecule has 0 bridgehead atoms. The summed E-state index contributed by atoms with van der Waals surface area (Å²) in [7, 11) is 4.41. The number of urea groups is 1. The Morgan fingerprint density at radius 2 is 1.80 bits per heavy atom. The Bertz CT molecular complexity index is 844. The molecule has 132 valence electrons. The normalized spacial score (nSPS) is 15.7. The maximum absolute atomic E-state index is 14.5. The van der Waals surface area contributed by atoms with Gasteiger partial charge >= 0.3 is 6.03 Å². The Morgan fingerprint density at radius 3 is 2.40 bits per heavy atom. The molecular weight excluding hydrogens is 351 g/mol. The van der Waals surface area contributed by atoms with E-state index in [1.54, 1.807) is 12.1 Å². The van der Waals surface area contributed by atoms with Crippen LogP contribution in [0.2, 0.25) is 5.02 Å². The summed E-state index contributed by atoms with van der Waals surface area (Å²) in [6.07, 6.45) is 0. The zero-order valence-corrected chi connectivity index (χ0v) is 14.5. The van der Waals surface area contributed by atoms with Crippen molar-refractivity contribution in [3.05, 3.63) is 46.2 Å². The van der Waals surface area contributed by atoms with Crippen LogP contribution in [0.25, 0.3) is 0 Å². The number of hydrogen-bond donors (Lipinski definition) is 2. The van der Waals surface area contributed by atoms with Gasteiger partial charge in [0.2, 0.25) is 5.75 Å². The maximum atomic E-state index is 14.5. The van der Waals surface area contributed by atoms with Gasteiger partial charge in [-0.3, -0.25) is 0 Å². The molecule has 0 saturated heterocycles. The molecule has 2 aromatic carbocycles. The van der Waals surface area contributed by atoms with Crippen LogP contribution in [0.1, 0.15) is 17.2 Å². The zero-order chi connectivity index (χ0) is 18.1. The van der Waals surface area contributed by atoms with E-state index in [0.29, 0.717) is 28.5 Å². The summed E-state index contributed by atoms with van der Waals surface area (Å²) in [6, 6.07) is 4.63. The molecule has 0 fully saturated rings. The number of rotatable bonds is 4. The van der Waals surface area contributed by atoms with Crippen LogP contribution in [0.4, 0.5) is 14.9 Å². The summed E-state index contributed by atoms with van der Waals surface area (Å²) in [4.78, 5) is 12.1. The van der Waals surface area contributed by atoms with Crippen LogP contribution in [0.3, 0.4) is 0 Å². The van der Waals surface area contributed by atoms with Gasteiger partial charge in [0.25, 0.3) is 0 Å². The number of nitrogens with one attached hydrogen (secondary N) is 2. The Hall–Kier alpha value is -2.67. The smallest absolute Gasteiger partial charge is 0.320 e. The first-order valence-corrected chi connectivity index (χ1v) is 7.73. The molecule has 1 heterocycles. The summed E-state index contributed by atoms with van der Waals surface area (Å²) in [6.45, 7) is 0. The third kappa shape index (κ3) is 2.91. The van der Waals surface area contributed by atoms with Crippen molar-refractivity contribution in [2.75, 3.05) is 26.6 Å². The Labute approximate surface area is 148 Å². The van der Waals surface area contributed by atoms with Crippen LogP contribution in [0.15, 0.2) is 24.3 Å². The number of halogens is 2. The van der Waals surface area contributed by atoms with E-state index < -0.39 is 17.9 Å². The highest BCUT2D eigenvalue weighted by Gasteiger charge is 2.34. The minimum absolute atomic E-state index is 0.256. The predicted octanol–water partition coefficient (Wildman–Crippen LogP) is 3.73. The highest BCUT2D eigenvalue weighted by atomic mass is 35.5. The Balaban J connectivity index is 2.27. The van der Waals surface area contributed by atoms with Crippen molar-refractivity contribution in [2.45, 2.75) is 6.04 Å². The van der Waals surface area contributed by atoms with Crippen LogP contribution >= 0.6 is 11.6 Å². The fourth-order valence-electron chi connectivity index (χ4n) is 2.90. The monoisotopic (exact) mass is 366 g/mol. The predicted molar refractivity (Wildman–Crippen MR) is 91.5 cm³/mol. The first-order valence-electron chi connectivity index (χ1n) is 7.35. The quantitative estimate of drug-likeness (QED) is 0.865. The van der Waals surface area contributed by atoms with Gasteiger partial charge in [-0.1, -0.05) is 17.7 Å². The molecule has 2 aromatic rings. The minimum atomic E-state index is -0.782. The second-order valence-corrected chi connectivity index (χ2v) is 5.74. The molecule has 2 amide bonds. The van der Waals surface area contributed by atoms with Gasteiger partial charge in [0.05, 0.1) is 33.1 Å². The molecular formula is C17H16ClFN2O4. The van der Waals surface area contributed by atoms with Crippen molar-refractivity contribution in [1.29, 1.82) is 0 Å². The number of carbonyl (C=O) groups is 1. The molecule has 0 radical (unpaired) electrons. The number of anilines is 1. The van der Waals surface area contributed by atoms with Crippen molar-refractivity contribution >= 4 is 23.3 Å². The van der Waals surface area contributed by atoms with Crippen molar-refractivity contribution in [3.8, 4) is 17.2 Å². The van der Waals surface area contributed by atoms with Crippen LogP contribution < -0.4 is 24.8 Å². The lowest BCUT2D eigenvalue weighted by Crippen LogP contribution is -2.39. The number of ether oxygens (including phenoxy) is 3. The summed E-state index contributed by atoms with van der Waals surface area (Å²) >= 11 is 5.83. The number of amides is 2. The zero-order valence-electron chi connectivity index (χ0n) is 13.8. The molecule has 0 aromatic heterocycles. The van der Waals surface area contributed by atoms with Crippen LogP contribution in [0.5, 0.6) is 17.2 Å². The van der Waals surface area contributed by atoms with Crippen LogP contribution in [0, 0.1) is 5.82 Å². The van der Waals surface area contributed by atoms with Crippen LogP contribution in [-0.4, -0.2) is 27.4 Å². The summed E-state index contributed by atoms with van der Waals surface area (Å²) in [5, 5.41) is 5.65. The van der Waals surface area contributed by atoms with Crippen molar-refractivity contribution < 1.29 is 23.4 Å². The number of carbonyl (C=O) groups excluding carboxylic acids is 1. The summed E-state index contributed by atoms with van der Waals surface area (Å²) in [5.74, 6) is 0.530. The molecule has 0 spiro atoms. The molecule has 3 rings (SSSR count). The summed E-state index contributed by atoms with van der Waals surface area (Å²) < 4.78 is 30.6. The number of hydrogen-bond acceptors (Lipinski definition) is 4. The number of fused-ring (bicyclic) bond motifs is 1. The van der Waals surface area contributed by atoms with Crippen molar-refractivity contribution in [1.82, 2.24) is 5.32 Å². The molecule has 1 unspecified atom stereocenters. The molecule has 0 saturated carbocycles. The average Bonchev–Trinajstić information content (AvgIpc) is 2.59. The topological polar surface area (TPSA) is 68.8 Å². The molecule has 1 aliphatic rings. The number of benzene rings is 2. The highest BCUT2D eigenvalue weighted by molar-refractivity contribution is 6.30. The van der Waals surface area contributed by atoms with Crippen LogP contribution in [-0.2, 0) is 0 Å². The van der Waals surface area contributed by atoms with E-state index in [2.05, 4.69) is 10.6 Å². The SMILES string of the molecule is COc1cc2c(c(OC)c1OC)C(c1ccc(Cl)cc1F)NC(=O)N2. The van der Waals surface area contributed by atoms with E-state index in [4.69, 9.17) is 25.8 Å². The van der Waals surface area contributed by atoms with E-state index in [1.807, 2.05) is 0 Å². The average molecular weight is 367 g/mol. The fourth-order valence-corrected chi connectivity index (χ4v) is 3.06. The number of methoxy groups -OCH3 is 3.